The third kappa shape index (κ3) is 3.00. The van der Waals surface area contributed by atoms with Crippen LogP contribution in [0, 0.1) is 32.1 Å². The Morgan fingerprint density at radius 3 is 2.48 bits per heavy atom. The summed E-state index contributed by atoms with van der Waals surface area (Å²) in [5.41, 5.74) is 10.1. The molecule has 3 nitrogen and oxygen atoms in total. The lowest BCUT2D eigenvalue weighted by Crippen LogP contribution is -2.30. The second-order valence-corrected chi connectivity index (χ2v) is 8.26. The summed E-state index contributed by atoms with van der Waals surface area (Å²) in [5.74, 6) is 0. The topological polar surface area (TPSA) is 40.8 Å². The molecule has 2 heterocycles. The first-order chi connectivity index (χ1) is 15.0. The standard InChI is InChI=1S/C28H23N2O/c1-17-8-10-22(18(2)13-17)20-9-11-25-23(15-20)27-21(16-29)14-19(3)26(28(27)31-25)24-7-5-6-12-30(24)4/h5-15H,1-4H3/q+1. The molecule has 0 unspecified atom stereocenters. The van der Waals surface area contributed by atoms with Gasteiger partial charge in [0.2, 0.25) is 5.69 Å². The number of benzene rings is 3. The molecule has 3 aromatic carbocycles. The van der Waals surface area contributed by atoms with Gasteiger partial charge < -0.3 is 4.42 Å². The van der Waals surface area contributed by atoms with Gasteiger partial charge in [-0.1, -0.05) is 29.8 Å². The molecule has 31 heavy (non-hydrogen) atoms. The molecule has 0 bridgehead atoms. The number of hydrogen-bond donors (Lipinski definition) is 0. The van der Waals surface area contributed by atoms with Gasteiger partial charge >= 0.3 is 0 Å². The van der Waals surface area contributed by atoms with Crippen LogP contribution in [0.5, 0.6) is 0 Å². The number of furan rings is 1. The smallest absolute Gasteiger partial charge is 0.216 e. The third-order valence-corrected chi connectivity index (χ3v) is 6.06. The first-order valence-electron chi connectivity index (χ1n) is 10.4. The highest BCUT2D eigenvalue weighted by molar-refractivity contribution is 6.13. The van der Waals surface area contributed by atoms with Crippen molar-refractivity contribution in [2.45, 2.75) is 20.8 Å². The summed E-state index contributed by atoms with van der Waals surface area (Å²) in [7, 11) is 2.03. The summed E-state index contributed by atoms with van der Waals surface area (Å²) >= 11 is 0. The van der Waals surface area contributed by atoms with E-state index in [1.54, 1.807) is 0 Å². The zero-order valence-electron chi connectivity index (χ0n) is 18.2. The molecule has 5 aromatic rings. The van der Waals surface area contributed by atoms with Crippen LogP contribution < -0.4 is 4.57 Å². The quantitative estimate of drug-likeness (QED) is 0.314. The van der Waals surface area contributed by atoms with E-state index in [9.17, 15) is 5.26 Å². The summed E-state index contributed by atoms with van der Waals surface area (Å²) in [6.45, 7) is 6.28. The maximum absolute atomic E-state index is 9.92. The molecule has 0 spiro atoms. The average molecular weight is 404 g/mol. The van der Waals surface area contributed by atoms with Crippen LogP contribution in [0.4, 0.5) is 0 Å². The van der Waals surface area contributed by atoms with Gasteiger partial charge in [-0.05, 0) is 67.3 Å². The van der Waals surface area contributed by atoms with E-state index in [0.717, 1.165) is 44.3 Å². The van der Waals surface area contributed by atoms with Crippen LogP contribution in [0.15, 0.2) is 71.3 Å². The molecular formula is C28H23N2O+. The van der Waals surface area contributed by atoms with E-state index in [4.69, 9.17) is 4.42 Å². The Morgan fingerprint density at radius 1 is 0.903 bits per heavy atom. The van der Waals surface area contributed by atoms with Gasteiger partial charge in [-0.25, -0.2) is 4.57 Å². The van der Waals surface area contributed by atoms with Crippen molar-refractivity contribution in [3.05, 3.63) is 89.1 Å². The molecule has 0 aliphatic carbocycles. The average Bonchev–Trinajstić information content (AvgIpc) is 3.12. The lowest BCUT2D eigenvalue weighted by molar-refractivity contribution is -0.660. The summed E-state index contributed by atoms with van der Waals surface area (Å²) in [4.78, 5) is 0. The number of aromatic nitrogens is 1. The van der Waals surface area contributed by atoms with E-state index in [-0.39, 0.29) is 0 Å². The van der Waals surface area contributed by atoms with E-state index < -0.39 is 0 Å². The second kappa shape index (κ2) is 7.11. The maximum atomic E-state index is 9.92. The molecule has 0 aliphatic heterocycles. The molecule has 0 aliphatic rings. The van der Waals surface area contributed by atoms with Gasteiger partial charge in [0.05, 0.1) is 17.2 Å². The second-order valence-electron chi connectivity index (χ2n) is 8.26. The first kappa shape index (κ1) is 19.1. The van der Waals surface area contributed by atoms with Crippen molar-refractivity contribution in [3.8, 4) is 28.5 Å². The van der Waals surface area contributed by atoms with Crippen molar-refractivity contribution in [3.63, 3.8) is 0 Å². The monoisotopic (exact) mass is 403 g/mol. The van der Waals surface area contributed by atoms with Crippen molar-refractivity contribution in [1.29, 1.82) is 5.26 Å². The van der Waals surface area contributed by atoms with Crippen LogP contribution in [0.2, 0.25) is 0 Å². The van der Waals surface area contributed by atoms with Gasteiger partial charge in [0, 0.05) is 22.9 Å². The highest BCUT2D eigenvalue weighted by atomic mass is 16.3. The zero-order valence-corrected chi connectivity index (χ0v) is 18.2. The normalized spacial score (nSPS) is 11.2. The number of nitriles is 1. The SMILES string of the molecule is Cc1ccc(-c2ccc3oc4c(-c5cccc[n+]5C)c(C)cc(C#N)c4c3c2)c(C)c1. The van der Waals surface area contributed by atoms with Crippen LogP contribution in [0.25, 0.3) is 44.3 Å². The molecular weight excluding hydrogens is 380 g/mol. The molecule has 0 saturated carbocycles. The van der Waals surface area contributed by atoms with E-state index in [2.05, 4.69) is 60.9 Å². The van der Waals surface area contributed by atoms with E-state index >= 15 is 0 Å². The van der Waals surface area contributed by atoms with Crippen molar-refractivity contribution in [2.75, 3.05) is 0 Å². The number of rotatable bonds is 2. The summed E-state index contributed by atoms with van der Waals surface area (Å²) in [6, 6.07) is 23.3. The number of pyridine rings is 1. The van der Waals surface area contributed by atoms with Crippen LogP contribution in [-0.4, -0.2) is 0 Å². The van der Waals surface area contributed by atoms with E-state index in [1.165, 1.54) is 16.7 Å². The lowest BCUT2D eigenvalue weighted by atomic mass is 9.94. The Hall–Kier alpha value is -3.90. The van der Waals surface area contributed by atoms with Crippen molar-refractivity contribution in [2.24, 2.45) is 7.05 Å². The fourth-order valence-electron chi connectivity index (χ4n) is 4.58. The third-order valence-electron chi connectivity index (χ3n) is 6.06. The molecule has 0 N–H and O–H groups in total. The van der Waals surface area contributed by atoms with Gasteiger partial charge in [0.1, 0.15) is 12.6 Å². The van der Waals surface area contributed by atoms with Crippen molar-refractivity contribution >= 4 is 21.9 Å². The number of nitrogens with zero attached hydrogens (tertiary/aromatic N) is 2. The van der Waals surface area contributed by atoms with Gasteiger partial charge in [0.25, 0.3) is 0 Å². The van der Waals surface area contributed by atoms with Crippen molar-refractivity contribution in [1.82, 2.24) is 0 Å². The molecule has 0 saturated heterocycles. The minimum atomic E-state index is 0.645. The van der Waals surface area contributed by atoms with Gasteiger partial charge in [-0.2, -0.15) is 5.26 Å². The predicted octanol–water partition coefficient (Wildman–Crippen LogP) is 6.54. The Balaban J connectivity index is 1.87. The van der Waals surface area contributed by atoms with Gasteiger partial charge in [0.15, 0.2) is 11.8 Å². The van der Waals surface area contributed by atoms with Crippen LogP contribution >= 0.6 is 0 Å². The molecule has 3 heteroatoms. The van der Waals surface area contributed by atoms with Crippen molar-refractivity contribution < 1.29 is 8.98 Å². The molecule has 0 fully saturated rings. The van der Waals surface area contributed by atoms with Gasteiger partial charge in [-0.15, -0.1) is 0 Å². The minimum Gasteiger partial charge on any atom is -0.455 e. The minimum absolute atomic E-state index is 0.645. The predicted molar refractivity (Wildman–Crippen MR) is 125 cm³/mol. The number of aryl methyl sites for hydroxylation is 4. The number of hydrogen-bond acceptors (Lipinski definition) is 2. The Kier molecular flexibility index (Phi) is 4.38. The molecule has 150 valence electrons. The highest BCUT2D eigenvalue weighted by Gasteiger charge is 2.23. The molecule has 2 aromatic heterocycles. The Morgan fingerprint density at radius 2 is 1.74 bits per heavy atom. The molecule has 0 amide bonds. The van der Waals surface area contributed by atoms with E-state index in [1.807, 2.05) is 44.4 Å². The Bertz CT molecular complexity index is 1530. The van der Waals surface area contributed by atoms with Crippen LogP contribution in [-0.2, 0) is 7.05 Å². The largest absolute Gasteiger partial charge is 0.455 e. The Labute approximate surface area is 181 Å². The summed E-state index contributed by atoms with van der Waals surface area (Å²) in [6.07, 6.45) is 2.03. The molecule has 0 radical (unpaired) electrons. The van der Waals surface area contributed by atoms with Crippen LogP contribution in [0.1, 0.15) is 22.3 Å². The molecule has 0 atom stereocenters. The van der Waals surface area contributed by atoms with Crippen LogP contribution in [0.3, 0.4) is 0 Å². The summed E-state index contributed by atoms with van der Waals surface area (Å²) < 4.78 is 8.48. The van der Waals surface area contributed by atoms with Gasteiger partial charge in [-0.3, -0.25) is 0 Å². The summed E-state index contributed by atoms with van der Waals surface area (Å²) in [5, 5.41) is 11.8. The zero-order chi connectivity index (χ0) is 21.7. The number of fused-ring (bicyclic) bond motifs is 3. The highest BCUT2D eigenvalue weighted by Crippen LogP contribution is 2.40. The maximum Gasteiger partial charge on any atom is 0.216 e. The first-order valence-corrected chi connectivity index (χ1v) is 10.4. The molecule has 5 rings (SSSR count). The van der Waals surface area contributed by atoms with E-state index in [0.29, 0.717) is 5.56 Å². The fraction of sp³-hybridized carbons (Fsp3) is 0.143. The lowest BCUT2D eigenvalue weighted by Gasteiger charge is -2.08. The fourth-order valence-corrected chi connectivity index (χ4v) is 4.58.